The number of rotatable bonds is 6. The molecule has 0 radical (unpaired) electrons. The van der Waals surface area contributed by atoms with Gasteiger partial charge < -0.3 is 9.84 Å². The van der Waals surface area contributed by atoms with Gasteiger partial charge in [0.15, 0.2) is 0 Å². The lowest BCUT2D eigenvalue weighted by molar-refractivity contribution is -1.10. The van der Waals surface area contributed by atoms with Crippen LogP contribution in [0, 0.1) is 0 Å². The van der Waals surface area contributed by atoms with Crippen LogP contribution in [0.2, 0.25) is 0 Å². The summed E-state index contributed by atoms with van der Waals surface area (Å²) in [4.78, 5) is 27.6. The van der Waals surface area contributed by atoms with Gasteiger partial charge >= 0.3 is 12.4 Å². The molecule has 1 aromatic rings. The third-order valence-corrected chi connectivity index (χ3v) is 3.61. The largest absolute Gasteiger partial charge is 0.477 e. The van der Waals surface area contributed by atoms with E-state index < -0.39 is 12.0 Å². The average Bonchev–Trinajstić information content (AvgIpc) is 2.47. The highest BCUT2D eigenvalue weighted by Crippen LogP contribution is 2.21. The molecule has 20 heavy (non-hydrogen) atoms. The summed E-state index contributed by atoms with van der Waals surface area (Å²) in [6.45, 7) is 1.79. The lowest BCUT2D eigenvalue weighted by Crippen LogP contribution is -2.63. The van der Waals surface area contributed by atoms with Crippen LogP contribution in [-0.2, 0) is 25.6 Å². The van der Waals surface area contributed by atoms with Crippen molar-refractivity contribution >= 4 is 12.4 Å². The van der Waals surface area contributed by atoms with Crippen molar-refractivity contribution in [3.8, 4) is 0 Å². The number of carboxylic acid groups (broad SMARTS) is 1. The molecule has 6 nitrogen and oxygen atoms in total. The van der Waals surface area contributed by atoms with Crippen LogP contribution >= 0.6 is 0 Å². The summed E-state index contributed by atoms with van der Waals surface area (Å²) in [5, 5.41) is 9.53. The smallest absolute Gasteiger partial charge is 0.366 e. The first kappa shape index (κ1) is 14.5. The quantitative estimate of drug-likeness (QED) is 0.611. The molecule has 1 aromatic carbocycles. The molecule has 6 heteroatoms. The molecule has 0 saturated carbocycles. The Bertz CT molecular complexity index is 456. The number of quaternary nitrogens is 1. The van der Waals surface area contributed by atoms with Gasteiger partial charge in [0.2, 0.25) is 6.04 Å². The monoisotopic (exact) mass is 280 g/mol. The van der Waals surface area contributed by atoms with Gasteiger partial charge in [0.25, 0.3) is 0 Å². The topological polar surface area (TPSA) is 72.8 Å². The van der Waals surface area contributed by atoms with E-state index in [1.807, 2.05) is 30.3 Å². The highest BCUT2D eigenvalue weighted by Gasteiger charge is 2.46. The minimum absolute atomic E-state index is 0.215. The predicted molar refractivity (Wildman–Crippen MR) is 69.5 cm³/mol. The van der Waals surface area contributed by atoms with Crippen molar-refractivity contribution in [3.63, 3.8) is 0 Å². The van der Waals surface area contributed by atoms with Gasteiger partial charge in [0.05, 0.1) is 13.2 Å². The van der Waals surface area contributed by atoms with Gasteiger partial charge in [-0.15, -0.1) is 4.65 Å². The van der Waals surface area contributed by atoms with Crippen LogP contribution in [0.5, 0.6) is 0 Å². The van der Waals surface area contributed by atoms with E-state index in [0.29, 0.717) is 39.2 Å². The van der Waals surface area contributed by atoms with E-state index >= 15 is 0 Å². The molecule has 0 spiro atoms. The van der Waals surface area contributed by atoms with E-state index in [-0.39, 0.29) is 4.65 Å². The van der Waals surface area contributed by atoms with Gasteiger partial charge in [0, 0.05) is 6.42 Å². The van der Waals surface area contributed by atoms with Gasteiger partial charge in [-0.2, -0.15) is 0 Å². The molecular weight excluding hydrogens is 262 g/mol. The summed E-state index contributed by atoms with van der Waals surface area (Å²) in [5.41, 5.74) is 0.901. The Morgan fingerprint density at radius 3 is 2.55 bits per heavy atom. The van der Waals surface area contributed by atoms with E-state index in [1.54, 1.807) is 0 Å². The Kier molecular flexibility index (Phi) is 4.70. The standard InChI is InChI=1S/C14H17NO5/c16-11-20-15(6-8-19-9-7-15)13(14(17)18)10-12-4-2-1-3-5-12/h1-5,11,13H,6-10H2/p+1/t13-/m0/s1. The first-order chi connectivity index (χ1) is 9.68. The van der Waals surface area contributed by atoms with Crippen LogP contribution in [0.4, 0.5) is 0 Å². The predicted octanol–water partition coefficient (Wildman–Crippen LogP) is 0.617. The fourth-order valence-corrected chi connectivity index (χ4v) is 2.52. The number of carbonyl (C=O) groups excluding carboxylic acids is 1. The Balaban J connectivity index is 2.24. The zero-order valence-electron chi connectivity index (χ0n) is 11.1. The average molecular weight is 280 g/mol. The minimum atomic E-state index is -0.974. The lowest BCUT2D eigenvalue weighted by atomic mass is 10.0. The number of aliphatic carboxylic acids is 1. The molecule has 1 atom stereocenters. The second-order valence-electron chi connectivity index (χ2n) is 4.76. The van der Waals surface area contributed by atoms with Crippen LogP contribution in [0.3, 0.4) is 0 Å². The SMILES string of the molecule is O=CO[N+]1([C@@H](Cc2ccccc2)C(=O)O)CCOCC1. The second kappa shape index (κ2) is 6.49. The molecule has 108 valence electrons. The third-order valence-electron chi connectivity index (χ3n) is 3.61. The number of benzene rings is 1. The number of nitrogens with zero attached hydrogens (tertiary/aromatic N) is 1. The molecule has 0 aromatic heterocycles. The molecule has 1 fully saturated rings. The van der Waals surface area contributed by atoms with Gasteiger partial charge in [-0.05, 0) is 5.56 Å². The van der Waals surface area contributed by atoms with Crippen LogP contribution in [0.1, 0.15) is 5.56 Å². The van der Waals surface area contributed by atoms with Gasteiger partial charge in [0.1, 0.15) is 13.1 Å². The van der Waals surface area contributed by atoms with Gasteiger partial charge in [-0.3, -0.25) is 4.84 Å². The summed E-state index contributed by atoms with van der Waals surface area (Å²) < 4.78 is 5.03. The number of ether oxygens (including phenoxy) is 1. The van der Waals surface area contributed by atoms with Crippen molar-refractivity contribution < 1.29 is 28.9 Å². The van der Waals surface area contributed by atoms with Crippen molar-refractivity contribution in [1.29, 1.82) is 0 Å². The molecule has 1 aliphatic heterocycles. The number of carbonyl (C=O) groups is 2. The first-order valence-electron chi connectivity index (χ1n) is 6.51. The van der Waals surface area contributed by atoms with Crippen molar-refractivity contribution in [2.45, 2.75) is 12.5 Å². The fraction of sp³-hybridized carbons (Fsp3) is 0.429. The van der Waals surface area contributed by atoms with E-state index in [4.69, 9.17) is 9.57 Å². The first-order valence-corrected chi connectivity index (χ1v) is 6.51. The highest BCUT2D eigenvalue weighted by atomic mass is 16.7. The van der Waals surface area contributed by atoms with Crippen molar-refractivity contribution in [2.24, 2.45) is 0 Å². The molecular formula is C14H18NO5+. The van der Waals surface area contributed by atoms with E-state index in [0.717, 1.165) is 5.56 Å². The second-order valence-corrected chi connectivity index (χ2v) is 4.76. The van der Waals surface area contributed by atoms with Crippen molar-refractivity contribution in [1.82, 2.24) is 0 Å². The molecule has 1 aliphatic rings. The summed E-state index contributed by atoms with van der Waals surface area (Å²) in [5.74, 6) is -0.974. The van der Waals surface area contributed by atoms with E-state index in [9.17, 15) is 14.7 Å². The summed E-state index contributed by atoms with van der Waals surface area (Å²) in [6, 6.07) is 8.50. The Morgan fingerprint density at radius 1 is 1.35 bits per heavy atom. The summed E-state index contributed by atoms with van der Waals surface area (Å²) >= 11 is 0. The maximum absolute atomic E-state index is 11.6. The molecule has 0 amide bonds. The molecule has 2 rings (SSSR count). The van der Waals surface area contributed by atoms with Gasteiger partial charge in [-0.25, -0.2) is 9.59 Å². The molecule has 1 heterocycles. The zero-order valence-corrected chi connectivity index (χ0v) is 11.1. The number of carboxylic acids is 1. The number of morpholine rings is 1. The molecule has 0 aliphatic carbocycles. The van der Waals surface area contributed by atoms with Gasteiger partial charge in [-0.1, -0.05) is 30.3 Å². The highest BCUT2D eigenvalue weighted by molar-refractivity contribution is 5.72. The normalized spacial score (nSPS) is 19.0. The van der Waals surface area contributed by atoms with Crippen LogP contribution in [0.25, 0.3) is 0 Å². The van der Waals surface area contributed by atoms with E-state index in [1.165, 1.54) is 0 Å². The summed E-state index contributed by atoms with van der Waals surface area (Å²) in [6.07, 6.45) is 0.310. The maximum Gasteiger partial charge on any atom is 0.366 e. The van der Waals surface area contributed by atoms with Crippen molar-refractivity contribution in [3.05, 3.63) is 35.9 Å². The lowest BCUT2D eigenvalue weighted by Gasteiger charge is -2.39. The number of hydrogen-bond acceptors (Lipinski definition) is 4. The molecule has 0 bridgehead atoms. The molecule has 1 saturated heterocycles. The molecule has 1 N–H and O–H groups in total. The Hall–Kier alpha value is -1.92. The fourth-order valence-electron chi connectivity index (χ4n) is 2.52. The Morgan fingerprint density at radius 2 is 2.00 bits per heavy atom. The van der Waals surface area contributed by atoms with Crippen LogP contribution < -0.4 is 0 Å². The Labute approximate surface area is 117 Å². The minimum Gasteiger partial charge on any atom is -0.477 e. The number of hydroxylamine groups is 3. The van der Waals surface area contributed by atoms with E-state index in [2.05, 4.69) is 0 Å². The third kappa shape index (κ3) is 3.15. The van der Waals surface area contributed by atoms with Crippen LogP contribution in [-0.4, -0.2) is 54.5 Å². The maximum atomic E-state index is 11.6. The molecule has 0 unspecified atom stereocenters. The summed E-state index contributed by atoms with van der Waals surface area (Å²) in [7, 11) is 0. The van der Waals surface area contributed by atoms with Crippen LogP contribution in [0.15, 0.2) is 30.3 Å². The number of hydrogen-bond donors (Lipinski definition) is 1. The van der Waals surface area contributed by atoms with Crippen molar-refractivity contribution in [2.75, 3.05) is 26.3 Å². The zero-order chi connectivity index (χ0) is 14.4.